The summed E-state index contributed by atoms with van der Waals surface area (Å²) in [5, 5.41) is 6.14. The van der Waals surface area contributed by atoms with Gasteiger partial charge in [-0.15, -0.1) is 0 Å². The fourth-order valence-electron chi connectivity index (χ4n) is 1.90. The summed E-state index contributed by atoms with van der Waals surface area (Å²) in [4.78, 5) is 10.4. The van der Waals surface area contributed by atoms with Gasteiger partial charge in [0.05, 0.1) is 0 Å². The number of anilines is 1. The van der Waals surface area contributed by atoms with Crippen molar-refractivity contribution in [1.29, 1.82) is 0 Å². The standard InChI is InChI=1S/C14H14N4O/c1-9-6-12-7-10(4-5-11(12)8-15-9)13-16-14(17-19-13)18(2)3/h4-8H,1-3H3. The van der Waals surface area contributed by atoms with E-state index in [0.29, 0.717) is 11.8 Å². The average Bonchev–Trinajstić information content (AvgIpc) is 2.87. The van der Waals surface area contributed by atoms with Crippen molar-refractivity contribution in [3.8, 4) is 11.5 Å². The van der Waals surface area contributed by atoms with Crippen LogP contribution in [0.3, 0.4) is 0 Å². The van der Waals surface area contributed by atoms with Crippen LogP contribution in [0.5, 0.6) is 0 Å². The van der Waals surface area contributed by atoms with Crippen molar-refractivity contribution in [3.63, 3.8) is 0 Å². The molecule has 0 bridgehead atoms. The Kier molecular flexibility index (Phi) is 2.67. The Morgan fingerprint density at radius 2 is 1.95 bits per heavy atom. The number of fused-ring (bicyclic) bond motifs is 1. The summed E-state index contributed by atoms with van der Waals surface area (Å²) in [7, 11) is 3.76. The Morgan fingerprint density at radius 1 is 1.11 bits per heavy atom. The molecule has 5 heteroatoms. The molecule has 0 aliphatic heterocycles. The van der Waals surface area contributed by atoms with Crippen LogP contribution in [0.15, 0.2) is 35.0 Å². The summed E-state index contributed by atoms with van der Waals surface area (Å²) in [5.74, 6) is 1.10. The molecule has 0 spiro atoms. The molecular weight excluding hydrogens is 240 g/mol. The van der Waals surface area contributed by atoms with Gasteiger partial charge in [0.25, 0.3) is 11.8 Å². The molecule has 96 valence electrons. The predicted octanol–water partition coefficient (Wildman–Crippen LogP) is 2.66. The molecule has 19 heavy (non-hydrogen) atoms. The highest BCUT2D eigenvalue weighted by Crippen LogP contribution is 2.24. The topological polar surface area (TPSA) is 55.1 Å². The van der Waals surface area contributed by atoms with Crippen molar-refractivity contribution in [2.45, 2.75) is 6.92 Å². The maximum atomic E-state index is 5.27. The molecule has 0 atom stereocenters. The van der Waals surface area contributed by atoms with Crippen LogP contribution in [0.25, 0.3) is 22.2 Å². The van der Waals surface area contributed by atoms with E-state index in [1.165, 1.54) is 0 Å². The van der Waals surface area contributed by atoms with Gasteiger partial charge in [-0.1, -0.05) is 6.07 Å². The Balaban J connectivity index is 2.08. The third-order valence-electron chi connectivity index (χ3n) is 2.92. The fourth-order valence-corrected chi connectivity index (χ4v) is 1.90. The Bertz CT molecular complexity index is 733. The van der Waals surface area contributed by atoms with Gasteiger partial charge in [-0.3, -0.25) is 4.98 Å². The normalized spacial score (nSPS) is 10.9. The Morgan fingerprint density at radius 3 is 2.68 bits per heavy atom. The number of benzene rings is 1. The first kappa shape index (κ1) is 11.6. The summed E-state index contributed by atoms with van der Waals surface area (Å²) in [6.45, 7) is 1.98. The van der Waals surface area contributed by atoms with E-state index in [4.69, 9.17) is 4.52 Å². The number of rotatable bonds is 2. The smallest absolute Gasteiger partial charge is 0.265 e. The number of nitrogens with zero attached hydrogens (tertiary/aromatic N) is 4. The van der Waals surface area contributed by atoms with E-state index in [0.717, 1.165) is 22.0 Å². The molecule has 0 aliphatic rings. The Labute approximate surface area is 110 Å². The van der Waals surface area contributed by atoms with Gasteiger partial charge in [0, 0.05) is 36.9 Å². The first-order chi connectivity index (χ1) is 9.13. The zero-order valence-electron chi connectivity index (χ0n) is 11.1. The highest BCUT2D eigenvalue weighted by molar-refractivity contribution is 5.85. The molecule has 3 rings (SSSR count). The van der Waals surface area contributed by atoms with Crippen molar-refractivity contribution < 1.29 is 4.52 Å². The van der Waals surface area contributed by atoms with Crippen LogP contribution >= 0.6 is 0 Å². The maximum absolute atomic E-state index is 5.27. The van der Waals surface area contributed by atoms with Crippen LogP contribution in [0, 0.1) is 6.92 Å². The van der Waals surface area contributed by atoms with E-state index in [1.807, 2.05) is 56.4 Å². The third kappa shape index (κ3) is 2.14. The van der Waals surface area contributed by atoms with Gasteiger partial charge in [-0.2, -0.15) is 4.98 Å². The van der Waals surface area contributed by atoms with E-state index < -0.39 is 0 Å². The van der Waals surface area contributed by atoms with Gasteiger partial charge in [0.15, 0.2) is 0 Å². The maximum Gasteiger partial charge on any atom is 0.265 e. The van der Waals surface area contributed by atoms with Crippen molar-refractivity contribution in [3.05, 3.63) is 36.2 Å². The van der Waals surface area contributed by atoms with Crippen molar-refractivity contribution in [2.24, 2.45) is 0 Å². The minimum Gasteiger partial charge on any atom is -0.344 e. The second kappa shape index (κ2) is 4.35. The molecular formula is C14H14N4O. The second-order valence-corrected chi connectivity index (χ2v) is 4.68. The zero-order chi connectivity index (χ0) is 13.4. The molecule has 0 saturated heterocycles. The van der Waals surface area contributed by atoms with Crippen molar-refractivity contribution >= 4 is 16.7 Å². The van der Waals surface area contributed by atoms with Crippen LogP contribution in [0.1, 0.15) is 5.69 Å². The molecule has 3 aromatic rings. The monoisotopic (exact) mass is 254 g/mol. The third-order valence-corrected chi connectivity index (χ3v) is 2.92. The number of hydrogen-bond donors (Lipinski definition) is 0. The van der Waals surface area contributed by atoms with E-state index in [1.54, 1.807) is 0 Å². The lowest BCUT2D eigenvalue weighted by Gasteiger charge is -2.02. The van der Waals surface area contributed by atoms with Crippen LogP contribution < -0.4 is 4.90 Å². The van der Waals surface area contributed by atoms with Crippen LogP contribution in [-0.4, -0.2) is 29.2 Å². The lowest BCUT2D eigenvalue weighted by atomic mass is 10.1. The van der Waals surface area contributed by atoms with Gasteiger partial charge in [-0.25, -0.2) is 0 Å². The number of hydrogen-bond acceptors (Lipinski definition) is 5. The highest BCUT2D eigenvalue weighted by atomic mass is 16.5. The molecule has 0 fully saturated rings. The molecule has 5 nitrogen and oxygen atoms in total. The predicted molar refractivity (Wildman–Crippen MR) is 74.1 cm³/mol. The first-order valence-corrected chi connectivity index (χ1v) is 6.01. The summed E-state index contributed by atoms with van der Waals surface area (Å²) in [6.07, 6.45) is 1.87. The lowest BCUT2D eigenvalue weighted by molar-refractivity contribution is 0.431. The van der Waals surface area contributed by atoms with Crippen molar-refractivity contribution in [2.75, 3.05) is 19.0 Å². The van der Waals surface area contributed by atoms with Crippen LogP contribution in [0.4, 0.5) is 5.95 Å². The van der Waals surface area contributed by atoms with E-state index >= 15 is 0 Å². The lowest BCUT2D eigenvalue weighted by Crippen LogP contribution is -2.09. The summed E-state index contributed by atoms with van der Waals surface area (Å²) in [6, 6.07) is 8.06. The summed E-state index contributed by atoms with van der Waals surface area (Å²) < 4.78 is 5.27. The van der Waals surface area contributed by atoms with Crippen LogP contribution in [-0.2, 0) is 0 Å². The number of aromatic nitrogens is 3. The molecule has 2 heterocycles. The summed E-state index contributed by atoms with van der Waals surface area (Å²) in [5.41, 5.74) is 1.91. The molecule has 0 unspecified atom stereocenters. The van der Waals surface area contributed by atoms with Gasteiger partial charge in [0.2, 0.25) is 0 Å². The van der Waals surface area contributed by atoms with Gasteiger partial charge < -0.3 is 9.42 Å². The second-order valence-electron chi connectivity index (χ2n) is 4.68. The zero-order valence-corrected chi connectivity index (χ0v) is 11.1. The van der Waals surface area contributed by atoms with Crippen molar-refractivity contribution in [1.82, 2.24) is 15.1 Å². The molecule has 0 N–H and O–H groups in total. The highest BCUT2D eigenvalue weighted by Gasteiger charge is 2.10. The molecule has 0 aliphatic carbocycles. The largest absolute Gasteiger partial charge is 0.344 e. The molecule has 0 saturated carbocycles. The molecule has 2 aromatic heterocycles. The van der Waals surface area contributed by atoms with E-state index in [-0.39, 0.29) is 0 Å². The average molecular weight is 254 g/mol. The van der Waals surface area contributed by atoms with E-state index in [9.17, 15) is 0 Å². The first-order valence-electron chi connectivity index (χ1n) is 6.01. The number of pyridine rings is 1. The molecule has 0 amide bonds. The Hall–Kier alpha value is -2.43. The fraction of sp³-hybridized carbons (Fsp3) is 0.214. The summed E-state index contributed by atoms with van der Waals surface area (Å²) >= 11 is 0. The molecule has 1 aromatic carbocycles. The minimum absolute atomic E-state index is 0.528. The number of aryl methyl sites for hydroxylation is 1. The van der Waals surface area contributed by atoms with E-state index in [2.05, 4.69) is 15.1 Å². The SMILES string of the molecule is Cc1cc2cc(-c3nc(N(C)C)no3)ccc2cn1. The van der Waals surface area contributed by atoms with Gasteiger partial charge >= 0.3 is 0 Å². The minimum atomic E-state index is 0.528. The quantitative estimate of drug-likeness (QED) is 0.703. The van der Waals surface area contributed by atoms with Gasteiger partial charge in [-0.05, 0) is 35.7 Å². The van der Waals surface area contributed by atoms with Gasteiger partial charge in [0.1, 0.15) is 0 Å². The van der Waals surface area contributed by atoms with Crippen LogP contribution in [0.2, 0.25) is 0 Å². The molecule has 0 radical (unpaired) electrons.